The number of benzene rings is 2. The van der Waals surface area contributed by atoms with Gasteiger partial charge in [0.1, 0.15) is 11.6 Å². The van der Waals surface area contributed by atoms with Crippen LogP contribution in [0.25, 0.3) is 0 Å². The molecule has 1 N–H and O–H groups in total. The quantitative estimate of drug-likeness (QED) is 0.616. The molecule has 1 heterocycles. The first kappa shape index (κ1) is 18.8. The molecule has 0 aliphatic rings. The number of halogens is 1. The minimum Gasteiger partial charge on any atom is -0.484 e. The number of hydrogen-bond acceptors (Lipinski definition) is 4. The molecule has 138 valence electrons. The fraction of sp³-hybridized carbons (Fsp3) is 0.143. The summed E-state index contributed by atoms with van der Waals surface area (Å²) in [5.41, 5.74) is 0.872. The van der Waals surface area contributed by atoms with Crippen LogP contribution in [0.3, 0.4) is 0 Å². The summed E-state index contributed by atoms with van der Waals surface area (Å²) in [7, 11) is 0. The van der Waals surface area contributed by atoms with E-state index in [1.54, 1.807) is 35.6 Å². The molecule has 0 spiro atoms. The molecule has 0 aliphatic carbocycles. The van der Waals surface area contributed by atoms with Crippen molar-refractivity contribution in [3.05, 3.63) is 87.9 Å². The Morgan fingerprint density at radius 2 is 1.67 bits per heavy atom. The van der Waals surface area contributed by atoms with Crippen LogP contribution in [0.4, 0.5) is 4.39 Å². The highest BCUT2D eigenvalue weighted by atomic mass is 32.1. The van der Waals surface area contributed by atoms with Crippen molar-refractivity contribution >= 4 is 23.0 Å². The van der Waals surface area contributed by atoms with Crippen molar-refractivity contribution in [3.8, 4) is 5.75 Å². The maximum atomic E-state index is 13.0. The maximum absolute atomic E-state index is 13.0. The van der Waals surface area contributed by atoms with Gasteiger partial charge >= 0.3 is 0 Å². The van der Waals surface area contributed by atoms with Crippen molar-refractivity contribution in [1.29, 1.82) is 0 Å². The number of amides is 1. The second-order valence-electron chi connectivity index (χ2n) is 5.95. The van der Waals surface area contributed by atoms with Crippen LogP contribution >= 0.6 is 11.3 Å². The van der Waals surface area contributed by atoms with E-state index in [-0.39, 0.29) is 30.2 Å². The van der Waals surface area contributed by atoms with E-state index in [9.17, 15) is 14.0 Å². The smallest absolute Gasteiger partial charge is 0.258 e. The van der Waals surface area contributed by atoms with Crippen LogP contribution in [-0.4, -0.2) is 18.3 Å². The zero-order valence-corrected chi connectivity index (χ0v) is 15.5. The number of hydrogen-bond donors (Lipinski definition) is 1. The average Bonchev–Trinajstić information content (AvgIpc) is 3.22. The normalized spacial score (nSPS) is 11.6. The number of ketones is 1. The molecule has 0 radical (unpaired) electrons. The standard InChI is InChI=1S/C21H18FNO3S/c1-14(19-3-2-12-27-19)23-20(24)13-26-18-10-6-16(7-11-18)21(25)15-4-8-17(22)9-5-15/h2-12,14H,13H2,1H3,(H,23,24). The van der Waals surface area contributed by atoms with Gasteiger partial charge in [0.25, 0.3) is 5.91 Å². The van der Waals surface area contributed by atoms with Crippen molar-refractivity contribution in [2.45, 2.75) is 13.0 Å². The van der Waals surface area contributed by atoms with E-state index in [1.807, 2.05) is 24.4 Å². The molecule has 2 aromatic carbocycles. The van der Waals surface area contributed by atoms with Gasteiger partial charge in [-0.05, 0) is 66.9 Å². The maximum Gasteiger partial charge on any atom is 0.258 e. The van der Waals surface area contributed by atoms with Crippen molar-refractivity contribution in [3.63, 3.8) is 0 Å². The Hall–Kier alpha value is -2.99. The molecule has 3 rings (SSSR count). The summed E-state index contributed by atoms with van der Waals surface area (Å²) < 4.78 is 18.4. The first-order valence-corrected chi connectivity index (χ1v) is 9.27. The minimum atomic E-state index is -0.387. The molecule has 1 aromatic heterocycles. The summed E-state index contributed by atoms with van der Waals surface area (Å²) in [6, 6.07) is 15.7. The van der Waals surface area contributed by atoms with Crippen LogP contribution < -0.4 is 10.1 Å². The molecule has 27 heavy (non-hydrogen) atoms. The van der Waals surface area contributed by atoms with Gasteiger partial charge in [-0.25, -0.2) is 4.39 Å². The van der Waals surface area contributed by atoms with Gasteiger partial charge in [-0.1, -0.05) is 6.07 Å². The molecule has 0 fully saturated rings. The predicted molar refractivity (Wildman–Crippen MR) is 103 cm³/mol. The lowest BCUT2D eigenvalue weighted by Gasteiger charge is -2.13. The fourth-order valence-corrected chi connectivity index (χ4v) is 3.25. The third-order valence-electron chi connectivity index (χ3n) is 3.94. The Labute approximate surface area is 160 Å². The van der Waals surface area contributed by atoms with Gasteiger partial charge in [-0.15, -0.1) is 11.3 Å². The Morgan fingerprint density at radius 3 is 2.26 bits per heavy atom. The van der Waals surface area contributed by atoms with Gasteiger partial charge in [0, 0.05) is 16.0 Å². The lowest BCUT2D eigenvalue weighted by Crippen LogP contribution is -2.30. The molecule has 0 bridgehead atoms. The van der Waals surface area contributed by atoms with Crippen LogP contribution in [0.2, 0.25) is 0 Å². The van der Waals surface area contributed by atoms with Gasteiger partial charge in [-0.2, -0.15) is 0 Å². The third kappa shape index (κ3) is 5.01. The molecule has 1 unspecified atom stereocenters. The van der Waals surface area contributed by atoms with Gasteiger partial charge < -0.3 is 10.1 Å². The molecule has 4 nitrogen and oxygen atoms in total. The van der Waals surface area contributed by atoms with Gasteiger partial charge in [0.2, 0.25) is 0 Å². The van der Waals surface area contributed by atoms with E-state index in [4.69, 9.17) is 4.74 Å². The van der Waals surface area contributed by atoms with Gasteiger partial charge in [-0.3, -0.25) is 9.59 Å². The van der Waals surface area contributed by atoms with Crippen LogP contribution in [0.1, 0.15) is 33.8 Å². The molecule has 0 aliphatic heterocycles. The Kier molecular flexibility index (Phi) is 5.98. The fourth-order valence-electron chi connectivity index (χ4n) is 2.51. The highest BCUT2D eigenvalue weighted by Gasteiger charge is 2.12. The highest BCUT2D eigenvalue weighted by Crippen LogP contribution is 2.18. The van der Waals surface area contributed by atoms with Gasteiger partial charge in [0.05, 0.1) is 6.04 Å². The molecule has 1 atom stereocenters. The number of rotatable bonds is 7. The van der Waals surface area contributed by atoms with Crippen molar-refractivity contribution in [1.82, 2.24) is 5.32 Å². The van der Waals surface area contributed by atoms with Crippen LogP contribution in [0, 0.1) is 5.82 Å². The van der Waals surface area contributed by atoms with Crippen molar-refractivity contribution in [2.75, 3.05) is 6.61 Å². The summed E-state index contributed by atoms with van der Waals surface area (Å²) in [6.45, 7) is 1.81. The second-order valence-corrected chi connectivity index (χ2v) is 6.93. The van der Waals surface area contributed by atoms with E-state index >= 15 is 0 Å². The molecule has 6 heteroatoms. The zero-order valence-electron chi connectivity index (χ0n) is 14.6. The zero-order chi connectivity index (χ0) is 19.2. The SMILES string of the molecule is CC(NC(=O)COc1ccc(C(=O)c2ccc(F)cc2)cc1)c1cccs1. The molecule has 0 saturated heterocycles. The van der Waals surface area contributed by atoms with Crippen LogP contribution in [0.15, 0.2) is 66.0 Å². The van der Waals surface area contributed by atoms with E-state index in [0.717, 1.165) is 4.88 Å². The first-order chi connectivity index (χ1) is 13.0. The number of carbonyl (C=O) groups is 2. The minimum absolute atomic E-state index is 0.0724. The molecule has 0 saturated carbocycles. The predicted octanol–water partition coefficient (Wildman–Crippen LogP) is 4.37. The second kappa shape index (κ2) is 8.60. The van der Waals surface area contributed by atoms with Crippen molar-refractivity contribution in [2.24, 2.45) is 0 Å². The van der Waals surface area contributed by atoms with Crippen LogP contribution in [-0.2, 0) is 4.79 Å². The summed E-state index contributed by atoms with van der Waals surface area (Å²) in [5.74, 6) is -0.321. The largest absolute Gasteiger partial charge is 0.484 e. The third-order valence-corrected chi connectivity index (χ3v) is 5.00. The van der Waals surface area contributed by atoms with E-state index in [1.165, 1.54) is 24.3 Å². The number of thiophene rings is 1. The summed E-state index contributed by atoms with van der Waals surface area (Å²) in [4.78, 5) is 25.4. The molecular formula is C21H18FNO3S. The number of ether oxygens (including phenoxy) is 1. The van der Waals surface area contributed by atoms with E-state index in [2.05, 4.69) is 5.32 Å². The van der Waals surface area contributed by atoms with E-state index in [0.29, 0.717) is 16.9 Å². The lowest BCUT2D eigenvalue weighted by molar-refractivity contribution is -0.123. The summed E-state index contributed by atoms with van der Waals surface area (Å²) in [5, 5.41) is 4.83. The Bertz CT molecular complexity index is 906. The lowest BCUT2D eigenvalue weighted by atomic mass is 10.0. The molecule has 1 amide bonds. The summed E-state index contributed by atoms with van der Waals surface area (Å²) in [6.07, 6.45) is 0. The Morgan fingerprint density at radius 1 is 1.04 bits per heavy atom. The molecular weight excluding hydrogens is 365 g/mol. The topological polar surface area (TPSA) is 55.4 Å². The van der Waals surface area contributed by atoms with Crippen LogP contribution in [0.5, 0.6) is 5.75 Å². The Balaban J connectivity index is 1.53. The highest BCUT2D eigenvalue weighted by molar-refractivity contribution is 7.10. The monoisotopic (exact) mass is 383 g/mol. The number of nitrogens with one attached hydrogen (secondary N) is 1. The first-order valence-electron chi connectivity index (χ1n) is 8.39. The van der Waals surface area contributed by atoms with Gasteiger partial charge in [0.15, 0.2) is 12.4 Å². The number of carbonyl (C=O) groups excluding carboxylic acids is 2. The summed E-state index contributed by atoms with van der Waals surface area (Å²) >= 11 is 1.58. The molecule has 3 aromatic rings. The average molecular weight is 383 g/mol. The van der Waals surface area contributed by atoms with Crippen molar-refractivity contribution < 1.29 is 18.7 Å². The van der Waals surface area contributed by atoms with E-state index < -0.39 is 0 Å².